The first-order chi connectivity index (χ1) is 7.63. The predicted octanol–water partition coefficient (Wildman–Crippen LogP) is 1.67. The van der Waals surface area contributed by atoms with Crippen molar-refractivity contribution in [3.05, 3.63) is 23.9 Å². The molecule has 0 aliphatic carbocycles. The van der Waals surface area contributed by atoms with Crippen LogP contribution in [-0.2, 0) is 4.79 Å². The number of rotatable bonds is 5. The minimum absolute atomic E-state index is 0.166. The highest BCUT2D eigenvalue weighted by Gasteiger charge is 2.04. The third-order valence-electron chi connectivity index (χ3n) is 2.40. The van der Waals surface area contributed by atoms with Gasteiger partial charge in [0, 0.05) is 32.8 Å². The minimum atomic E-state index is 0.166. The van der Waals surface area contributed by atoms with Gasteiger partial charge in [0.1, 0.15) is 5.82 Å². The van der Waals surface area contributed by atoms with Crippen LogP contribution in [0.2, 0.25) is 0 Å². The summed E-state index contributed by atoms with van der Waals surface area (Å²) >= 11 is 0. The Hall–Kier alpha value is -1.58. The van der Waals surface area contributed by atoms with Gasteiger partial charge in [-0.25, -0.2) is 4.98 Å². The SMILES string of the molecule is CCC(=O)N(C)CCNc1cc(C)ccn1. The van der Waals surface area contributed by atoms with Crippen LogP contribution in [0.4, 0.5) is 5.82 Å². The van der Waals surface area contributed by atoms with Gasteiger partial charge in [0.05, 0.1) is 0 Å². The Labute approximate surface area is 96.7 Å². The van der Waals surface area contributed by atoms with Gasteiger partial charge in [-0.1, -0.05) is 6.92 Å². The van der Waals surface area contributed by atoms with Gasteiger partial charge in [-0.2, -0.15) is 0 Å². The number of likely N-dealkylation sites (N-methyl/N-ethyl adjacent to an activating group) is 1. The van der Waals surface area contributed by atoms with E-state index in [-0.39, 0.29) is 5.91 Å². The second-order valence-electron chi connectivity index (χ2n) is 3.81. The Balaban J connectivity index is 2.33. The van der Waals surface area contributed by atoms with Gasteiger partial charge in [0.2, 0.25) is 5.91 Å². The largest absolute Gasteiger partial charge is 0.368 e. The Bertz CT molecular complexity index is 352. The maximum atomic E-state index is 11.3. The molecule has 0 saturated heterocycles. The zero-order valence-corrected chi connectivity index (χ0v) is 10.2. The van der Waals surface area contributed by atoms with Crippen LogP contribution < -0.4 is 5.32 Å². The Morgan fingerprint density at radius 3 is 2.94 bits per heavy atom. The van der Waals surface area contributed by atoms with E-state index < -0.39 is 0 Å². The van der Waals surface area contributed by atoms with Crippen molar-refractivity contribution < 1.29 is 4.79 Å². The molecule has 0 radical (unpaired) electrons. The molecule has 1 aromatic rings. The fraction of sp³-hybridized carbons (Fsp3) is 0.500. The molecule has 88 valence electrons. The number of aromatic nitrogens is 1. The zero-order valence-electron chi connectivity index (χ0n) is 10.2. The van der Waals surface area contributed by atoms with Crippen LogP contribution in [0.25, 0.3) is 0 Å². The van der Waals surface area contributed by atoms with Crippen LogP contribution in [-0.4, -0.2) is 35.9 Å². The molecule has 0 aliphatic heterocycles. The fourth-order valence-electron chi connectivity index (χ4n) is 1.38. The second kappa shape index (κ2) is 6.10. The summed E-state index contributed by atoms with van der Waals surface area (Å²) < 4.78 is 0. The fourth-order valence-corrected chi connectivity index (χ4v) is 1.38. The van der Waals surface area contributed by atoms with Gasteiger partial charge in [-0.15, -0.1) is 0 Å². The second-order valence-corrected chi connectivity index (χ2v) is 3.81. The van der Waals surface area contributed by atoms with Crippen LogP contribution in [0, 0.1) is 6.92 Å². The number of hydrogen-bond acceptors (Lipinski definition) is 3. The van der Waals surface area contributed by atoms with Gasteiger partial charge in [-0.05, 0) is 24.6 Å². The van der Waals surface area contributed by atoms with Crippen LogP contribution in [0.1, 0.15) is 18.9 Å². The summed E-state index contributed by atoms with van der Waals surface area (Å²) in [7, 11) is 1.82. The highest BCUT2D eigenvalue weighted by atomic mass is 16.2. The lowest BCUT2D eigenvalue weighted by molar-refractivity contribution is -0.129. The Kier molecular flexibility index (Phi) is 4.76. The lowest BCUT2D eigenvalue weighted by Crippen LogP contribution is -2.30. The molecule has 4 heteroatoms. The molecule has 0 unspecified atom stereocenters. The molecule has 1 amide bonds. The first-order valence-electron chi connectivity index (χ1n) is 5.54. The number of nitrogens with one attached hydrogen (secondary N) is 1. The first-order valence-corrected chi connectivity index (χ1v) is 5.54. The molecular weight excluding hydrogens is 202 g/mol. The third-order valence-corrected chi connectivity index (χ3v) is 2.40. The zero-order chi connectivity index (χ0) is 12.0. The topological polar surface area (TPSA) is 45.2 Å². The van der Waals surface area contributed by atoms with Crippen molar-refractivity contribution in [3.63, 3.8) is 0 Å². The molecule has 0 bridgehead atoms. The average molecular weight is 221 g/mol. The average Bonchev–Trinajstić information content (AvgIpc) is 2.28. The molecule has 16 heavy (non-hydrogen) atoms. The molecule has 0 fully saturated rings. The van der Waals surface area contributed by atoms with E-state index in [0.29, 0.717) is 13.0 Å². The molecule has 1 aromatic heterocycles. The molecule has 0 spiro atoms. The van der Waals surface area contributed by atoms with Gasteiger partial charge in [0.25, 0.3) is 0 Å². The number of hydrogen-bond donors (Lipinski definition) is 1. The maximum absolute atomic E-state index is 11.3. The van der Waals surface area contributed by atoms with Crippen molar-refractivity contribution in [3.8, 4) is 0 Å². The number of carbonyl (C=O) groups is 1. The van der Waals surface area contributed by atoms with Gasteiger partial charge in [0.15, 0.2) is 0 Å². The molecule has 4 nitrogen and oxygen atoms in total. The van der Waals surface area contributed by atoms with E-state index in [4.69, 9.17) is 0 Å². The summed E-state index contributed by atoms with van der Waals surface area (Å²) in [5.74, 6) is 1.02. The lowest BCUT2D eigenvalue weighted by Gasteiger charge is -2.16. The summed E-state index contributed by atoms with van der Waals surface area (Å²) in [5, 5.41) is 3.19. The molecule has 1 heterocycles. The predicted molar refractivity (Wildman–Crippen MR) is 65.4 cm³/mol. The molecule has 1 rings (SSSR count). The first kappa shape index (κ1) is 12.5. The monoisotopic (exact) mass is 221 g/mol. The van der Waals surface area contributed by atoms with Crippen LogP contribution in [0.3, 0.4) is 0 Å². The summed E-state index contributed by atoms with van der Waals surface area (Å²) in [5.41, 5.74) is 1.18. The van der Waals surface area contributed by atoms with E-state index in [9.17, 15) is 4.79 Å². The van der Waals surface area contributed by atoms with Crippen molar-refractivity contribution in [1.82, 2.24) is 9.88 Å². The van der Waals surface area contributed by atoms with Crippen molar-refractivity contribution in [2.45, 2.75) is 20.3 Å². The molecule has 0 aromatic carbocycles. The number of nitrogens with zero attached hydrogens (tertiary/aromatic N) is 2. The molecular formula is C12H19N3O. The highest BCUT2D eigenvalue weighted by Crippen LogP contribution is 2.04. The molecule has 1 N–H and O–H groups in total. The number of pyridine rings is 1. The summed E-state index contributed by atoms with van der Waals surface area (Å²) in [6.45, 7) is 5.31. The molecule has 0 atom stereocenters. The van der Waals surface area contributed by atoms with Crippen molar-refractivity contribution >= 4 is 11.7 Å². The van der Waals surface area contributed by atoms with E-state index >= 15 is 0 Å². The number of carbonyl (C=O) groups excluding carboxylic acids is 1. The van der Waals surface area contributed by atoms with Gasteiger partial charge >= 0.3 is 0 Å². The van der Waals surface area contributed by atoms with Crippen LogP contribution >= 0.6 is 0 Å². The number of anilines is 1. The maximum Gasteiger partial charge on any atom is 0.222 e. The van der Waals surface area contributed by atoms with Gasteiger partial charge in [-0.3, -0.25) is 4.79 Å². The molecule has 0 saturated carbocycles. The smallest absolute Gasteiger partial charge is 0.222 e. The van der Waals surface area contributed by atoms with Crippen molar-refractivity contribution in [2.24, 2.45) is 0 Å². The Morgan fingerprint density at radius 2 is 2.31 bits per heavy atom. The summed E-state index contributed by atoms with van der Waals surface area (Å²) in [6.07, 6.45) is 2.33. The van der Waals surface area contributed by atoms with Crippen LogP contribution in [0.15, 0.2) is 18.3 Å². The van der Waals surface area contributed by atoms with E-state index in [1.54, 1.807) is 11.1 Å². The van der Waals surface area contributed by atoms with Gasteiger partial charge < -0.3 is 10.2 Å². The molecule has 0 aliphatic rings. The van der Waals surface area contributed by atoms with E-state index in [2.05, 4.69) is 10.3 Å². The van der Waals surface area contributed by atoms with E-state index in [0.717, 1.165) is 12.4 Å². The van der Waals surface area contributed by atoms with Crippen molar-refractivity contribution in [2.75, 3.05) is 25.5 Å². The Morgan fingerprint density at radius 1 is 1.56 bits per heavy atom. The minimum Gasteiger partial charge on any atom is -0.368 e. The number of aryl methyl sites for hydroxylation is 1. The number of amides is 1. The van der Waals surface area contributed by atoms with Crippen LogP contribution in [0.5, 0.6) is 0 Å². The quantitative estimate of drug-likeness (QED) is 0.822. The summed E-state index contributed by atoms with van der Waals surface area (Å²) in [6, 6.07) is 3.94. The van der Waals surface area contributed by atoms with E-state index in [1.165, 1.54) is 5.56 Å². The standard InChI is InChI=1S/C12H19N3O/c1-4-12(16)15(3)8-7-14-11-9-10(2)5-6-13-11/h5-6,9H,4,7-8H2,1-3H3,(H,13,14). The summed E-state index contributed by atoms with van der Waals surface area (Å²) in [4.78, 5) is 17.2. The normalized spacial score (nSPS) is 9.94. The third kappa shape index (κ3) is 3.88. The van der Waals surface area contributed by atoms with E-state index in [1.807, 2.05) is 33.0 Å². The van der Waals surface area contributed by atoms with Crippen molar-refractivity contribution in [1.29, 1.82) is 0 Å². The lowest BCUT2D eigenvalue weighted by atomic mass is 10.3. The highest BCUT2D eigenvalue weighted by molar-refractivity contribution is 5.75.